The number of carbonyl (C=O) groups excluding carboxylic acids is 1. The van der Waals surface area contributed by atoms with Crippen molar-refractivity contribution in [3.8, 4) is 5.69 Å². The summed E-state index contributed by atoms with van der Waals surface area (Å²) in [5, 5.41) is 14.6. The van der Waals surface area contributed by atoms with Crippen LogP contribution >= 0.6 is 23.4 Å². The van der Waals surface area contributed by atoms with E-state index in [0.717, 1.165) is 30.9 Å². The second kappa shape index (κ2) is 8.94. The van der Waals surface area contributed by atoms with Crippen LogP contribution in [0.5, 0.6) is 0 Å². The fraction of sp³-hybridized carbons (Fsp3) is 0.300. The highest BCUT2D eigenvalue weighted by molar-refractivity contribution is 7.99. The number of aromatic nitrogens is 4. The van der Waals surface area contributed by atoms with Crippen molar-refractivity contribution in [1.82, 2.24) is 25.1 Å². The Hall–Kier alpha value is -2.42. The molecule has 0 atom stereocenters. The van der Waals surface area contributed by atoms with Gasteiger partial charge in [-0.25, -0.2) is 0 Å². The molecule has 2 heterocycles. The number of benzene rings is 2. The lowest BCUT2D eigenvalue weighted by atomic mass is 10.1. The van der Waals surface area contributed by atoms with Gasteiger partial charge in [0.05, 0.1) is 11.3 Å². The summed E-state index contributed by atoms with van der Waals surface area (Å²) in [6.07, 6.45) is 1.44. The van der Waals surface area contributed by atoms with Gasteiger partial charge >= 0.3 is 0 Å². The molecule has 1 fully saturated rings. The van der Waals surface area contributed by atoms with Crippen molar-refractivity contribution in [2.45, 2.75) is 13.5 Å². The van der Waals surface area contributed by atoms with Crippen molar-refractivity contribution in [2.75, 3.05) is 29.9 Å². The van der Waals surface area contributed by atoms with Gasteiger partial charge in [0.1, 0.15) is 6.33 Å². The molecule has 9 heteroatoms. The van der Waals surface area contributed by atoms with Crippen molar-refractivity contribution >= 4 is 35.0 Å². The molecule has 0 radical (unpaired) electrons. The minimum Gasteiger partial charge on any atom is -0.322 e. The molecule has 150 valence electrons. The third-order valence-electron chi connectivity index (χ3n) is 4.85. The first-order valence-corrected chi connectivity index (χ1v) is 10.9. The lowest BCUT2D eigenvalue weighted by Gasteiger charge is -2.26. The van der Waals surface area contributed by atoms with Gasteiger partial charge in [-0.15, -0.1) is 5.10 Å². The highest BCUT2D eigenvalue weighted by Gasteiger charge is 2.16. The summed E-state index contributed by atoms with van der Waals surface area (Å²) in [6.45, 7) is 5.19. The molecule has 7 nitrogen and oxygen atoms in total. The third kappa shape index (κ3) is 4.77. The number of hydrogen-bond acceptors (Lipinski definition) is 6. The topological polar surface area (TPSA) is 75.9 Å². The van der Waals surface area contributed by atoms with E-state index in [1.54, 1.807) is 18.2 Å². The van der Waals surface area contributed by atoms with E-state index >= 15 is 0 Å². The largest absolute Gasteiger partial charge is 0.322 e. The Morgan fingerprint density at radius 1 is 1.21 bits per heavy atom. The normalized spacial score (nSPS) is 14.7. The Kier molecular flexibility index (Phi) is 6.13. The van der Waals surface area contributed by atoms with Gasteiger partial charge in [-0.2, -0.15) is 16.4 Å². The number of amides is 1. The van der Waals surface area contributed by atoms with Crippen LogP contribution in [0, 0.1) is 6.92 Å². The zero-order valence-electron chi connectivity index (χ0n) is 16.0. The van der Waals surface area contributed by atoms with Gasteiger partial charge in [-0.1, -0.05) is 23.7 Å². The lowest BCUT2D eigenvalue weighted by Crippen LogP contribution is -2.31. The zero-order valence-corrected chi connectivity index (χ0v) is 17.6. The van der Waals surface area contributed by atoms with E-state index < -0.39 is 0 Å². The number of nitrogens with zero attached hydrogens (tertiary/aromatic N) is 5. The average molecular weight is 429 g/mol. The molecule has 0 spiro atoms. The van der Waals surface area contributed by atoms with Crippen LogP contribution in [0.1, 0.15) is 21.5 Å². The van der Waals surface area contributed by atoms with E-state index in [0.29, 0.717) is 16.3 Å². The number of tetrazole rings is 1. The van der Waals surface area contributed by atoms with E-state index in [1.165, 1.54) is 28.1 Å². The molecule has 0 bridgehead atoms. The third-order valence-corrected chi connectivity index (χ3v) is 6.03. The number of nitrogens with one attached hydrogen (secondary N) is 1. The second-order valence-corrected chi connectivity index (χ2v) is 8.57. The van der Waals surface area contributed by atoms with Crippen LogP contribution in [0.2, 0.25) is 5.02 Å². The van der Waals surface area contributed by atoms with Crippen LogP contribution in [0.4, 0.5) is 5.69 Å². The molecule has 1 saturated heterocycles. The minimum absolute atomic E-state index is 0.262. The highest BCUT2D eigenvalue weighted by atomic mass is 35.5. The van der Waals surface area contributed by atoms with Crippen LogP contribution in [0.3, 0.4) is 0 Å². The van der Waals surface area contributed by atoms with Crippen molar-refractivity contribution in [3.63, 3.8) is 0 Å². The molecule has 1 amide bonds. The first kappa shape index (κ1) is 19.9. The smallest absolute Gasteiger partial charge is 0.257 e. The number of aryl methyl sites for hydroxylation is 1. The molecule has 3 aromatic rings. The molecular formula is C20H21ClN6OS. The predicted octanol–water partition coefficient (Wildman–Crippen LogP) is 3.43. The van der Waals surface area contributed by atoms with Crippen LogP contribution in [-0.2, 0) is 6.54 Å². The van der Waals surface area contributed by atoms with Crippen molar-refractivity contribution < 1.29 is 4.79 Å². The molecule has 1 aromatic heterocycles. The number of halogens is 1. The molecule has 29 heavy (non-hydrogen) atoms. The van der Waals surface area contributed by atoms with Crippen LogP contribution in [-0.4, -0.2) is 55.6 Å². The first-order valence-electron chi connectivity index (χ1n) is 9.34. The van der Waals surface area contributed by atoms with Crippen LogP contribution < -0.4 is 5.32 Å². The second-order valence-electron chi connectivity index (χ2n) is 6.91. The predicted molar refractivity (Wildman–Crippen MR) is 116 cm³/mol. The Morgan fingerprint density at radius 3 is 2.76 bits per heavy atom. The maximum Gasteiger partial charge on any atom is 0.257 e. The van der Waals surface area contributed by atoms with E-state index in [9.17, 15) is 4.79 Å². The number of rotatable bonds is 5. The first-order chi connectivity index (χ1) is 14.1. The molecular weight excluding hydrogens is 408 g/mol. The maximum absolute atomic E-state index is 13.0. The lowest BCUT2D eigenvalue weighted by molar-refractivity contribution is 0.102. The standard InChI is InChI=1S/C20H21ClN6OS/c1-14-10-15(12-26-6-8-29-9-7-26)2-4-18(14)23-20(28)17-11-16(21)3-5-19(17)27-13-22-24-25-27/h2-5,10-11,13H,6-9,12H2,1H3,(H,23,28). The van der Waals surface area contributed by atoms with E-state index in [4.69, 9.17) is 11.6 Å². The van der Waals surface area contributed by atoms with Crippen LogP contribution in [0.25, 0.3) is 5.69 Å². The fourth-order valence-electron chi connectivity index (χ4n) is 3.33. The molecule has 0 aliphatic carbocycles. The molecule has 4 rings (SSSR count). The highest BCUT2D eigenvalue weighted by Crippen LogP contribution is 2.23. The van der Waals surface area contributed by atoms with E-state index in [-0.39, 0.29) is 5.91 Å². The summed E-state index contributed by atoms with van der Waals surface area (Å²) in [6, 6.07) is 11.2. The quantitative estimate of drug-likeness (QED) is 0.671. The summed E-state index contributed by atoms with van der Waals surface area (Å²) in [5.41, 5.74) is 4.02. The minimum atomic E-state index is -0.262. The number of carbonyl (C=O) groups is 1. The van der Waals surface area contributed by atoms with Gasteiger partial charge in [0.25, 0.3) is 5.91 Å². The summed E-state index contributed by atoms with van der Waals surface area (Å²) >= 11 is 8.13. The Labute approximate surface area is 178 Å². The average Bonchev–Trinajstić information content (AvgIpc) is 3.25. The Morgan fingerprint density at radius 2 is 2.03 bits per heavy atom. The molecule has 1 N–H and O–H groups in total. The van der Waals surface area contributed by atoms with Crippen molar-refractivity contribution in [1.29, 1.82) is 0 Å². The summed E-state index contributed by atoms with van der Waals surface area (Å²) in [5.74, 6) is 2.12. The molecule has 1 aliphatic rings. The summed E-state index contributed by atoms with van der Waals surface area (Å²) in [4.78, 5) is 15.4. The number of anilines is 1. The summed E-state index contributed by atoms with van der Waals surface area (Å²) in [7, 11) is 0. The van der Waals surface area contributed by atoms with E-state index in [1.807, 2.05) is 24.8 Å². The van der Waals surface area contributed by atoms with Gasteiger partial charge in [-0.05, 0) is 52.7 Å². The van der Waals surface area contributed by atoms with Crippen molar-refractivity contribution in [3.05, 3.63) is 64.4 Å². The Bertz CT molecular complexity index is 1000. The maximum atomic E-state index is 13.0. The van der Waals surface area contributed by atoms with Gasteiger partial charge in [-0.3, -0.25) is 9.69 Å². The van der Waals surface area contributed by atoms with Crippen molar-refractivity contribution in [2.24, 2.45) is 0 Å². The molecule has 0 unspecified atom stereocenters. The van der Waals surface area contributed by atoms with Crippen LogP contribution in [0.15, 0.2) is 42.7 Å². The van der Waals surface area contributed by atoms with Gasteiger partial charge in [0.2, 0.25) is 0 Å². The van der Waals surface area contributed by atoms with Gasteiger partial charge < -0.3 is 5.32 Å². The number of thioether (sulfide) groups is 1. The van der Waals surface area contributed by atoms with E-state index in [2.05, 4.69) is 37.9 Å². The zero-order chi connectivity index (χ0) is 20.2. The monoisotopic (exact) mass is 428 g/mol. The fourth-order valence-corrected chi connectivity index (χ4v) is 4.48. The number of hydrogen-bond donors (Lipinski definition) is 1. The molecule has 0 saturated carbocycles. The summed E-state index contributed by atoms with van der Waals surface area (Å²) < 4.78 is 1.44. The van der Waals surface area contributed by atoms with Gasteiger partial charge in [0.15, 0.2) is 0 Å². The van der Waals surface area contributed by atoms with Gasteiger partial charge in [0, 0.05) is 41.8 Å². The molecule has 1 aliphatic heterocycles. The Balaban J connectivity index is 1.52. The SMILES string of the molecule is Cc1cc(CN2CCSCC2)ccc1NC(=O)c1cc(Cl)ccc1-n1cnnn1. The molecule has 2 aromatic carbocycles.